The molecule has 0 spiro atoms. The Morgan fingerprint density at radius 3 is 2.49 bits per heavy atom. The number of amides is 4. The summed E-state index contributed by atoms with van der Waals surface area (Å²) in [5.41, 5.74) is 11.8. The summed E-state index contributed by atoms with van der Waals surface area (Å²) in [5.74, 6) is -1.76. The first-order valence-electron chi connectivity index (χ1n) is 12.0. The SMILES string of the molecule is CC(N)=NCCCC(C=O)NC(=O)CNC(=O)[C@@H](COC(=O)O)NC(=O)OCCCc1cccc(C(N)=O)c1. The molecule has 1 aromatic carbocycles. The maximum Gasteiger partial charge on any atom is 0.505 e. The lowest BCUT2D eigenvalue weighted by Gasteiger charge is -2.18. The van der Waals surface area contributed by atoms with Crippen molar-refractivity contribution in [2.75, 3.05) is 26.3 Å². The van der Waals surface area contributed by atoms with Crippen LogP contribution in [0.5, 0.6) is 0 Å². The number of alkyl carbamates (subject to hydrolysis) is 1. The van der Waals surface area contributed by atoms with Gasteiger partial charge in [0, 0.05) is 12.1 Å². The van der Waals surface area contributed by atoms with Gasteiger partial charge in [-0.3, -0.25) is 19.4 Å². The second-order valence-electron chi connectivity index (χ2n) is 8.27. The van der Waals surface area contributed by atoms with E-state index in [1.54, 1.807) is 31.2 Å². The first kappa shape index (κ1) is 32.3. The normalized spacial score (nSPS) is 12.4. The highest BCUT2D eigenvalue weighted by molar-refractivity contribution is 5.93. The summed E-state index contributed by atoms with van der Waals surface area (Å²) in [6, 6.07) is 4.35. The number of aryl methyl sites for hydroxylation is 1. The van der Waals surface area contributed by atoms with Crippen molar-refractivity contribution in [3.8, 4) is 0 Å². The number of hydrogen-bond donors (Lipinski definition) is 6. The number of carbonyl (C=O) groups excluding carboxylic acids is 5. The van der Waals surface area contributed by atoms with Gasteiger partial charge in [-0.15, -0.1) is 0 Å². The third-order valence-corrected chi connectivity index (χ3v) is 5.00. The number of carbonyl (C=O) groups is 6. The number of amidine groups is 1. The van der Waals surface area contributed by atoms with E-state index in [4.69, 9.17) is 21.3 Å². The molecule has 15 nitrogen and oxygen atoms in total. The number of benzene rings is 1. The molecule has 8 N–H and O–H groups in total. The molecule has 214 valence electrons. The van der Waals surface area contributed by atoms with Crippen LogP contribution in [0.2, 0.25) is 0 Å². The van der Waals surface area contributed by atoms with E-state index < -0.39 is 55.2 Å². The molecule has 0 saturated carbocycles. The third-order valence-electron chi connectivity index (χ3n) is 5.00. The predicted octanol–water partition coefficient (Wildman–Crippen LogP) is -0.535. The summed E-state index contributed by atoms with van der Waals surface area (Å²) in [6.45, 7) is 0.672. The Bertz CT molecular complexity index is 1040. The number of carboxylic acid groups (broad SMARTS) is 1. The summed E-state index contributed by atoms with van der Waals surface area (Å²) < 4.78 is 9.41. The first-order valence-corrected chi connectivity index (χ1v) is 12.0. The molecule has 39 heavy (non-hydrogen) atoms. The number of aldehydes is 1. The number of nitrogens with one attached hydrogen (secondary N) is 3. The Balaban J connectivity index is 2.52. The van der Waals surface area contributed by atoms with Crippen molar-refractivity contribution in [1.82, 2.24) is 16.0 Å². The van der Waals surface area contributed by atoms with Crippen molar-refractivity contribution in [2.45, 2.75) is 44.7 Å². The van der Waals surface area contributed by atoms with Gasteiger partial charge in [-0.2, -0.15) is 0 Å². The Kier molecular flexibility index (Phi) is 14.7. The lowest BCUT2D eigenvalue weighted by Crippen LogP contribution is -2.52. The van der Waals surface area contributed by atoms with E-state index in [9.17, 15) is 28.8 Å². The first-order chi connectivity index (χ1) is 18.5. The maximum absolute atomic E-state index is 12.5. The van der Waals surface area contributed by atoms with Gasteiger partial charge in [0.1, 0.15) is 18.9 Å². The van der Waals surface area contributed by atoms with Gasteiger partial charge in [-0.25, -0.2) is 9.59 Å². The van der Waals surface area contributed by atoms with Gasteiger partial charge in [-0.1, -0.05) is 12.1 Å². The van der Waals surface area contributed by atoms with E-state index in [0.29, 0.717) is 49.9 Å². The quantitative estimate of drug-likeness (QED) is 0.0476. The topological polar surface area (TPSA) is 242 Å². The summed E-state index contributed by atoms with van der Waals surface area (Å²) in [4.78, 5) is 73.9. The van der Waals surface area contributed by atoms with Gasteiger partial charge in [0.05, 0.1) is 25.0 Å². The van der Waals surface area contributed by atoms with E-state index in [-0.39, 0.29) is 6.61 Å². The van der Waals surface area contributed by atoms with Gasteiger partial charge in [0.15, 0.2) is 0 Å². The standard InChI is InChI=1S/C24H34N6O9/c1-15(25)27-9-3-8-18(13-31)29-20(32)12-28-22(34)19(14-39-24(36)37)30-23(35)38-10-4-6-16-5-2-7-17(11-16)21(26)33/h2,5,7,11,13,18-19H,3-4,6,8-10,12,14H2,1H3,(H2,25,27)(H2,26,33)(H,28,34)(H,29,32)(H,30,35)(H,36,37)/t18?,19-/m1/s1. The van der Waals surface area contributed by atoms with Crippen LogP contribution in [-0.4, -0.2) is 85.6 Å². The van der Waals surface area contributed by atoms with E-state index >= 15 is 0 Å². The monoisotopic (exact) mass is 550 g/mol. The molecule has 0 aliphatic heterocycles. The van der Waals surface area contributed by atoms with Crippen LogP contribution in [0.25, 0.3) is 0 Å². The lowest BCUT2D eigenvalue weighted by atomic mass is 10.1. The smallest absolute Gasteiger partial charge is 0.450 e. The van der Waals surface area contributed by atoms with Crippen molar-refractivity contribution in [1.29, 1.82) is 0 Å². The van der Waals surface area contributed by atoms with Crippen molar-refractivity contribution in [3.05, 3.63) is 35.4 Å². The van der Waals surface area contributed by atoms with Crippen molar-refractivity contribution < 1.29 is 43.3 Å². The minimum atomic E-state index is -1.68. The molecule has 0 radical (unpaired) electrons. The van der Waals surface area contributed by atoms with Gasteiger partial charge >= 0.3 is 12.2 Å². The molecule has 2 atom stereocenters. The molecular weight excluding hydrogens is 516 g/mol. The molecule has 4 amide bonds. The van der Waals surface area contributed by atoms with E-state index in [1.165, 1.54) is 0 Å². The number of aliphatic imine (C=N–C) groups is 1. The van der Waals surface area contributed by atoms with Crippen LogP contribution in [-0.2, 0) is 30.3 Å². The van der Waals surface area contributed by atoms with Crippen molar-refractivity contribution in [2.24, 2.45) is 16.5 Å². The van der Waals surface area contributed by atoms with Gasteiger partial charge in [0.25, 0.3) is 0 Å². The Morgan fingerprint density at radius 1 is 1.10 bits per heavy atom. The average molecular weight is 551 g/mol. The fourth-order valence-electron chi connectivity index (χ4n) is 3.13. The average Bonchev–Trinajstić information content (AvgIpc) is 2.89. The van der Waals surface area contributed by atoms with Crippen LogP contribution >= 0.6 is 0 Å². The van der Waals surface area contributed by atoms with Crippen LogP contribution in [0.4, 0.5) is 9.59 Å². The van der Waals surface area contributed by atoms with Gasteiger partial charge < -0.3 is 46.8 Å². The Hall–Kier alpha value is -4.69. The summed E-state index contributed by atoms with van der Waals surface area (Å²) in [6.07, 6.45) is -0.498. The third kappa shape index (κ3) is 14.6. The highest BCUT2D eigenvalue weighted by atomic mass is 16.7. The largest absolute Gasteiger partial charge is 0.505 e. The van der Waals surface area contributed by atoms with Gasteiger partial charge in [0.2, 0.25) is 17.7 Å². The number of primary amides is 1. The molecule has 0 bridgehead atoms. The van der Waals surface area contributed by atoms with Crippen LogP contribution in [0.1, 0.15) is 42.1 Å². The molecule has 1 rings (SSSR count). The van der Waals surface area contributed by atoms with Crippen LogP contribution < -0.4 is 27.4 Å². The molecule has 0 fully saturated rings. The van der Waals surface area contributed by atoms with Crippen molar-refractivity contribution >= 4 is 42.1 Å². The number of rotatable bonds is 17. The number of nitrogens with two attached hydrogens (primary N) is 2. The number of hydrogen-bond acceptors (Lipinski definition) is 9. The summed E-state index contributed by atoms with van der Waals surface area (Å²) in [5, 5.41) is 15.6. The maximum atomic E-state index is 12.5. The minimum absolute atomic E-state index is 0.0492. The summed E-state index contributed by atoms with van der Waals surface area (Å²) in [7, 11) is 0. The fraction of sp³-hybridized carbons (Fsp3) is 0.458. The predicted molar refractivity (Wildman–Crippen MR) is 138 cm³/mol. The van der Waals surface area contributed by atoms with E-state index in [1.807, 2.05) is 0 Å². The Labute approximate surface area is 224 Å². The molecule has 1 aromatic rings. The molecule has 0 aliphatic carbocycles. The number of nitrogens with zero attached hydrogens (tertiary/aromatic N) is 1. The van der Waals surface area contributed by atoms with E-state index in [0.717, 1.165) is 5.56 Å². The Morgan fingerprint density at radius 2 is 1.85 bits per heavy atom. The zero-order chi connectivity index (χ0) is 29.2. The zero-order valence-corrected chi connectivity index (χ0v) is 21.5. The lowest BCUT2D eigenvalue weighted by molar-refractivity contribution is -0.128. The second kappa shape index (κ2) is 17.7. The summed E-state index contributed by atoms with van der Waals surface area (Å²) >= 11 is 0. The van der Waals surface area contributed by atoms with Crippen LogP contribution in [0.15, 0.2) is 29.3 Å². The van der Waals surface area contributed by atoms with Crippen LogP contribution in [0, 0.1) is 0 Å². The molecule has 0 aliphatic rings. The molecular formula is C24H34N6O9. The molecule has 0 heterocycles. The fourth-order valence-corrected chi connectivity index (χ4v) is 3.13. The highest BCUT2D eigenvalue weighted by Crippen LogP contribution is 2.07. The molecule has 0 saturated heterocycles. The minimum Gasteiger partial charge on any atom is -0.450 e. The zero-order valence-electron chi connectivity index (χ0n) is 21.5. The highest BCUT2D eigenvalue weighted by Gasteiger charge is 2.24. The molecule has 0 aromatic heterocycles. The molecule has 1 unspecified atom stereocenters. The van der Waals surface area contributed by atoms with Crippen molar-refractivity contribution in [3.63, 3.8) is 0 Å². The van der Waals surface area contributed by atoms with E-state index in [2.05, 4.69) is 25.7 Å². The number of ether oxygens (including phenoxy) is 2. The van der Waals surface area contributed by atoms with Gasteiger partial charge in [-0.05, 0) is 50.3 Å². The van der Waals surface area contributed by atoms with Crippen LogP contribution in [0.3, 0.4) is 0 Å². The molecule has 15 heteroatoms. The second-order valence-corrected chi connectivity index (χ2v) is 8.27.